The molecule has 13 heteroatoms. The number of hydrogen-bond donors (Lipinski definition) is 1. The Morgan fingerprint density at radius 1 is 0.732 bits per heavy atom. The molecular weight excluding hydrogens is 612 g/mol. The van der Waals surface area contributed by atoms with Gasteiger partial charge in [-0.1, -0.05) is 58.5 Å². The van der Waals surface area contributed by atoms with Crippen molar-refractivity contribution in [1.82, 2.24) is 18.7 Å². The minimum absolute atomic E-state index is 0.0520. The number of benzene rings is 2. The third-order valence-electron chi connectivity index (χ3n) is 7.06. The quantitative estimate of drug-likeness (QED) is 0.250. The molecule has 0 fully saturated rings. The largest absolute Gasteiger partial charge is 0.506 e. The van der Waals surface area contributed by atoms with Gasteiger partial charge in [0, 0.05) is 26.2 Å². The third kappa shape index (κ3) is 5.62. The van der Waals surface area contributed by atoms with Gasteiger partial charge >= 0.3 is 6.73 Å². The molecule has 214 valence electrons. The number of aromatic nitrogens is 4. The summed E-state index contributed by atoms with van der Waals surface area (Å²) in [5, 5.41) is 11.2. The zero-order valence-electron chi connectivity index (χ0n) is 21.7. The van der Waals surface area contributed by atoms with Crippen LogP contribution in [0.5, 0.6) is 11.5 Å². The van der Waals surface area contributed by atoms with Gasteiger partial charge in [0.1, 0.15) is 21.8 Å². The number of phenolic OH excluding ortho intramolecular Hbond substituents is 1. The van der Waals surface area contributed by atoms with Crippen LogP contribution in [-0.2, 0) is 26.2 Å². The van der Waals surface area contributed by atoms with Crippen molar-refractivity contribution in [2.75, 3.05) is 6.73 Å². The summed E-state index contributed by atoms with van der Waals surface area (Å²) in [6, 6.07) is 9.76. The molecule has 0 saturated heterocycles. The second kappa shape index (κ2) is 12.3. The molecule has 0 spiro atoms. The highest BCUT2D eigenvalue weighted by atomic mass is 35.5. The lowest BCUT2D eigenvalue weighted by Crippen LogP contribution is -2.27. The van der Waals surface area contributed by atoms with Crippen molar-refractivity contribution < 1.29 is 9.84 Å². The molecule has 2 aliphatic heterocycles. The van der Waals surface area contributed by atoms with Crippen LogP contribution in [0.3, 0.4) is 0 Å². The van der Waals surface area contributed by atoms with Crippen LogP contribution in [0, 0.1) is 6.57 Å². The summed E-state index contributed by atoms with van der Waals surface area (Å²) in [4.78, 5) is 28.1. The zero-order chi connectivity index (χ0) is 29.3. The Morgan fingerprint density at radius 3 is 1.66 bits per heavy atom. The smallest absolute Gasteiger partial charge is 0.357 e. The van der Waals surface area contributed by atoms with Crippen LogP contribution in [0.2, 0.25) is 20.4 Å². The van der Waals surface area contributed by atoms with E-state index in [9.17, 15) is 14.7 Å². The second-order valence-corrected chi connectivity index (χ2v) is 11.1. The van der Waals surface area contributed by atoms with Crippen LogP contribution in [0.1, 0.15) is 25.7 Å². The van der Waals surface area contributed by atoms with Gasteiger partial charge in [-0.25, -0.2) is 15.9 Å². The molecular formula is C28H25Cl4N5O4. The van der Waals surface area contributed by atoms with Gasteiger partial charge in [-0.05, 0) is 61.1 Å². The summed E-state index contributed by atoms with van der Waals surface area (Å²) in [5.41, 5.74) is 1.89. The summed E-state index contributed by atoms with van der Waals surface area (Å²) >= 11 is 24.5. The van der Waals surface area contributed by atoms with Crippen molar-refractivity contribution >= 4 is 46.4 Å². The van der Waals surface area contributed by atoms with Gasteiger partial charge in [0.15, 0.2) is 0 Å². The first kappa shape index (κ1) is 29.2. The van der Waals surface area contributed by atoms with Crippen molar-refractivity contribution in [2.24, 2.45) is 0 Å². The monoisotopic (exact) mass is 635 g/mol. The van der Waals surface area contributed by atoms with Gasteiger partial charge in [0.05, 0.1) is 21.2 Å². The Morgan fingerprint density at radius 2 is 1.20 bits per heavy atom. The van der Waals surface area contributed by atoms with Gasteiger partial charge in [0.2, 0.25) is 0 Å². The van der Waals surface area contributed by atoms with E-state index < -0.39 is 0 Å². The molecule has 2 aliphatic rings. The molecule has 2 aromatic heterocycles. The maximum Gasteiger partial charge on any atom is 0.357 e. The Labute approximate surface area is 255 Å². The SMILES string of the molecule is O=c1c(-c2ccc(Cl)c(O)c2)c(Cl)n2n1CCCC2.[C-]#[N+]COc1cc(-c2c(Cl)n3n(c2=O)CCCC3)ccc1Cl. The molecule has 0 saturated carbocycles. The van der Waals surface area contributed by atoms with Crippen LogP contribution < -0.4 is 15.9 Å². The molecule has 6 rings (SSSR count). The van der Waals surface area contributed by atoms with E-state index >= 15 is 0 Å². The molecule has 0 unspecified atom stereocenters. The fourth-order valence-electron chi connectivity index (χ4n) is 5.08. The molecule has 0 bridgehead atoms. The number of ether oxygens (including phenoxy) is 1. The highest BCUT2D eigenvalue weighted by molar-refractivity contribution is 6.33. The normalized spacial score (nSPS) is 13.9. The highest BCUT2D eigenvalue weighted by Crippen LogP contribution is 2.34. The topological polar surface area (TPSA) is 87.7 Å². The van der Waals surface area contributed by atoms with Crippen molar-refractivity contribution in [1.29, 1.82) is 0 Å². The van der Waals surface area contributed by atoms with E-state index in [0.29, 0.717) is 56.4 Å². The summed E-state index contributed by atoms with van der Waals surface area (Å²) in [6.45, 7) is 9.49. The second-order valence-electron chi connectivity index (χ2n) is 9.59. The molecule has 2 aromatic carbocycles. The molecule has 0 amide bonds. The van der Waals surface area contributed by atoms with E-state index in [1.165, 1.54) is 6.07 Å². The lowest BCUT2D eigenvalue weighted by molar-refractivity contribution is 0.356. The van der Waals surface area contributed by atoms with E-state index in [1.54, 1.807) is 44.4 Å². The van der Waals surface area contributed by atoms with Crippen LogP contribution >= 0.6 is 46.4 Å². The van der Waals surface area contributed by atoms with Crippen LogP contribution in [0.4, 0.5) is 0 Å². The molecule has 41 heavy (non-hydrogen) atoms. The molecule has 4 heterocycles. The average Bonchev–Trinajstić information content (AvgIpc) is 3.39. The maximum atomic E-state index is 12.6. The van der Waals surface area contributed by atoms with E-state index in [0.717, 1.165) is 38.8 Å². The Hall–Kier alpha value is -3.29. The number of rotatable bonds is 4. The lowest BCUT2D eigenvalue weighted by Gasteiger charge is -2.17. The highest BCUT2D eigenvalue weighted by Gasteiger charge is 2.24. The molecule has 9 nitrogen and oxygen atoms in total. The predicted molar refractivity (Wildman–Crippen MR) is 161 cm³/mol. The fraction of sp³-hybridized carbons (Fsp3) is 0.321. The predicted octanol–water partition coefficient (Wildman–Crippen LogP) is 6.80. The van der Waals surface area contributed by atoms with Crippen molar-refractivity contribution in [3.8, 4) is 33.8 Å². The third-order valence-corrected chi connectivity index (χ3v) is 8.46. The number of nitrogens with zero attached hydrogens (tertiary/aromatic N) is 5. The molecule has 0 atom stereocenters. The van der Waals surface area contributed by atoms with Crippen LogP contribution in [-0.4, -0.2) is 30.6 Å². The molecule has 0 radical (unpaired) electrons. The Balaban J connectivity index is 0.000000166. The molecule has 0 aliphatic carbocycles. The maximum absolute atomic E-state index is 12.6. The number of aromatic hydroxyl groups is 1. The van der Waals surface area contributed by atoms with E-state index in [4.69, 9.17) is 57.7 Å². The lowest BCUT2D eigenvalue weighted by atomic mass is 10.1. The molecule has 1 N–H and O–H groups in total. The zero-order valence-corrected chi connectivity index (χ0v) is 24.8. The van der Waals surface area contributed by atoms with Crippen molar-refractivity contribution in [3.63, 3.8) is 0 Å². The first-order chi connectivity index (χ1) is 19.7. The van der Waals surface area contributed by atoms with Gasteiger partial charge in [0.25, 0.3) is 11.1 Å². The standard InChI is InChI=1S/C15H13Cl2N3O2.C13H12Cl2N2O2/c1-18-9-22-12-8-10(4-5-11(12)16)13-14(17)19-6-2-3-7-20(19)15(13)21;14-9-4-3-8(7-10(9)18)11-12(15)16-5-1-2-6-17(16)13(11)19/h4-5,8H,2-3,6-7,9H2;3-4,7,18H,1-2,5-6H2. The Bertz CT molecular complexity index is 1780. The average molecular weight is 637 g/mol. The van der Waals surface area contributed by atoms with E-state index in [-0.39, 0.29) is 28.6 Å². The first-order valence-electron chi connectivity index (χ1n) is 13.0. The van der Waals surface area contributed by atoms with Crippen molar-refractivity contribution in [2.45, 2.75) is 51.9 Å². The minimum atomic E-state index is -0.123. The summed E-state index contributed by atoms with van der Waals surface area (Å²) < 4.78 is 12.2. The minimum Gasteiger partial charge on any atom is -0.506 e. The first-order valence-corrected chi connectivity index (χ1v) is 14.5. The number of phenols is 1. The van der Waals surface area contributed by atoms with Crippen LogP contribution in [0.15, 0.2) is 46.0 Å². The number of halogens is 4. The number of hydrogen-bond acceptors (Lipinski definition) is 4. The van der Waals surface area contributed by atoms with Gasteiger partial charge < -0.3 is 9.84 Å². The Kier molecular flexibility index (Phi) is 8.76. The summed E-state index contributed by atoms with van der Waals surface area (Å²) in [7, 11) is 0. The fourth-order valence-corrected chi connectivity index (χ4v) is 6.10. The summed E-state index contributed by atoms with van der Waals surface area (Å²) in [5.74, 6) is 0.323. The van der Waals surface area contributed by atoms with Crippen molar-refractivity contribution in [3.05, 3.63) is 88.9 Å². The molecule has 4 aromatic rings. The summed E-state index contributed by atoms with van der Waals surface area (Å²) in [6.07, 6.45) is 3.97. The number of fused-ring (bicyclic) bond motifs is 2. The van der Waals surface area contributed by atoms with Crippen LogP contribution in [0.25, 0.3) is 27.1 Å². The van der Waals surface area contributed by atoms with Gasteiger partial charge in [-0.2, -0.15) is 0 Å². The van der Waals surface area contributed by atoms with Gasteiger partial charge in [-0.15, -0.1) is 0 Å². The van der Waals surface area contributed by atoms with E-state index in [2.05, 4.69) is 4.85 Å². The van der Waals surface area contributed by atoms with Gasteiger partial charge in [-0.3, -0.25) is 23.8 Å². The van der Waals surface area contributed by atoms with E-state index in [1.807, 2.05) is 4.68 Å².